The maximum atomic E-state index is 11.1. The number of hydrogen-bond acceptors (Lipinski definition) is 4. The van der Waals surface area contributed by atoms with Crippen molar-refractivity contribution in [1.82, 2.24) is 4.72 Å². The van der Waals surface area contributed by atoms with Gasteiger partial charge in [-0.05, 0) is 13.3 Å². The molecule has 5 nitrogen and oxygen atoms in total. The first-order valence-electron chi connectivity index (χ1n) is 4.75. The minimum atomic E-state index is -3.26. The Morgan fingerprint density at radius 2 is 2.20 bits per heavy atom. The standard InChI is InChI=1S/C9H17NO4S/c1-3-8-15(12,13)10-7-5-6-9(11)14-4-2/h3,10H,1,4-8H2,2H3. The first-order valence-corrected chi connectivity index (χ1v) is 6.41. The van der Waals surface area contributed by atoms with Gasteiger partial charge in [0.2, 0.25) is 10.0 Å². The normalized spacial score (nSPS) is 11.0. The van der Waals surface area contributed by atoms with E-state index in [-0.39, 0.29) is 24.7 Å². The lowest BCUT2D eigenvalue weighted by atomic mass is 10.3. The molecule has 0 bridgehead atoms. The molecular formula is C9H17NO4S. The van der Waals surface area contributed by atoms with Gasteiger partial charge in [-0.1, -0.05) is 6.08 Å². The van der Waals surface area contributed by atoms with Crippen LogP contribution < -0.4 is 4.72 Å². The predicted octanol–water partition coefficient (Wildman–Crippen LogP) is 0.435. The summed E-state index contributed by atoms with van der Waals surface area (Å²) in [6, 6.07) is 0. The van der Waals surface area contributed by atoms with Gasteiger partial charge >= 0.3 is 5.97 Å². The van der Waals surface area contributed by atoms with Crippen LogP contribution in [-0.2, 0) is 19.6 Å². The molecule has 88 valence electrons. The molecule has 0 saturated carbocycles. The highest BCUT2D eigenvalue weighted by Crippen LogP contribution is 1.93. The molecule has 0 aliphatic rings. The maximum Gasteiger partial charge on any atom is 0.305 e. The van der Waals surface area contributed by atoms with Gasteiger partial charge < -0.3 is 4.74 Å². The second kappa shape index (κ2) is 7.42. The molecule has 0 unspecified atom stereocenters. The largest absolute Gasteiger partial charge is 0.466 e. The lowest BCUT2D eigenvalue weighted by molar-refractivity contribution is -0.143. The first-order chi connectivity index (χ1) is 7.02. The fraction of sp³-hybridized carbons (Fsp3) is 0.667. The number of esters is 1. The van der Waals surface area contributed by atoms with Crippen LogP contribution in [0.25, 0.3) is 0 Å². The Morgan fingerprint density at radius 3 is 2.73 bits per heavy atom. The molecule has 0 heterocycles. The molecule has 0 radical (unpaired) electrons. The van der Waals surface area contributed by atoms with Crippen LogP contribution in [-0.4, -0.2) is 33.3 Å². The van der Waals surface area contributed by atoms with Crippen LogP contribution in [0.1, 0.15) is 19.8 Å². The number of ether oxygens (including phenoxy) is 1. The number of rotatable bonds is 8. The third-order valence-corrected chi connectivity index (χ3v) is 2.84. The van der Waals surface area contributed by atoms with Gasteiger partial charge in [0, 0.05) is 13.0 Å². The quantitative estimate of drug-likeness (QED) is 0.376. The van der Waals surface area contributed by atoms with Crippen molar-refractivity contribution in [1.29, 1.82) is 0 Å². The van der Waals surface area contributed by atoms with Gasteiger partial charge in [-0.3, -0.25) is 4.79 Å². The summed E-state index contributed by atoms with van der Waals surface area (Å²) in [5.74, 6) is -0.410. The highest BCUT2D eigenvalue weighted by molar-refractivity contribution is 7.89. The summed E-state index contributed by atoms with van der Waals surface area (Å²) in [5.41, 5.74) is 0. The van der Waals surface area contributed by atoms with Crippen molar-refractivity contribution in [2.24, 2.45) is 0 Å². The predicted molar refractivity (Wildman–Crippen MR) is 57.9 cm³/mol. The molecule has 0 saturated heterocycles. The molecule has 0 amide bonds. The van der Waals surface area contributed by atoms with E-state index in [0.717, 1.165) is 0 Å². The molecule has 0 rings (SSSR count). The Balaban J connectivity index is 3.62. The van der Waals surface area contributed by atoms with E-state index in [1.54, 1.807) is 6.92 Å². The van der Waals surface area contributed by atoms with E-state index in [1.165, 1.54) is 6.08 Å². The van der Waals surface area contributed by atoms with Crippen LogP contribution in [0.15, 0.2) is 12.7 Å². The van der Waals surface area contributed by atoms with Gasteiger partial charge in [-0.2, -0.15) is 0 Å². The number of hydrogen-bond donors (Lipinski definition) is 1. The molecule has 15 heavy (non-hydrogen) atoms. The van der Waals surface area contributed by atoms with Gasteiger partial charge in [0.15, 0.2) is 0 Å². The van der Waals surface area contributed by atoms with Gasteiger partial charge in [0.1, 0.15) is 0 Å². The van der Waals surface area contributed by atoms with E-state index in [1.807, 2.05) is 0 Å². The SMILES string of the molecule is C=CCS(=O)(=O)NCCCC(=O)OCC. The summed E-state index contributed by atoms with van der Waals surface area (Å²) >= 11 is 0. The van der Waals surface area contributed by atoms with Gasteiger partial charge in [0.05, 0.1) is 12.4 Å². The number of carbonyl (C=O) groups excluding carboxylic acids is 1. The smallest absolute Gasteiger partial charge is 0.305 e. The Bertz CT molecular complexity index is 297. The number of nitrogens with one attached hydrogen (secondary N) is 1. The topological polar surface area (TPSA) is 72.5 Å². The van der Waals surface area contributed by atoms with Crippen molar-refractivity contribution < 1.29 is 17.9 Å². The van der Waals surface area contributed by atoms with E-state index < -0.39 is 10.0 Å². The monoisotopic (exact) mass is 235 g/mol. The molecule has 0 spiro atoms. The summed E-state index contributed by atoms with van der Waals surface area (Å²) in [6.07, 6.45) is 1.98. The minimum absolute atomic E-state index is 0.105. The van der Waals surface area contributed by atoms with Crippen LogP contribution in [0, 0.1) is 0 Å². The molecule has 0 aromatic carbocycles. The third-order valence-electron chi connectivity index (χ3n) is 1.52. The summed E-state index contributed by atoms with van der Waals surface area (Å²) < 4.78 is 29.2. The van der Waals surface area contributed by atoms with Crippen molar-refractivity contribution in [2.45, 2.75) is 19.8 Å². The van der Waals surface area contributed by atoms with Gasteiger partial charge in [-0.15, -0.1) is 6.58 Å². The zero-order valence-corrected chi connectivity index (χ0v) is 9.68. The van der Waals surface area contributed by atoms with Gasteiger partial charge in [0.25, 0.3) is 0 Å². The Labute approximate surface area is 90.6 Å². The van der Waals surface area contributed by atoms with E-state index >= 15 is 0 Å². The van der Waals surface area contributed by atoms with Crippen molar-refractivity contribution in [3.63, 3.8) is 0 Å². The summed E-state index contributed by atoms with van der Waals surface area (Å²) in [6.45, 7) is 5.65. The molecular weight excluding hydrogens is 218 g/mol. The minimum Gasteiger partial charge on any atom is -0.466 e. The number of carbonyl (C=O) groups is 1. The maximum absolute atomic E-state index is 11.1. The average molecular weight is 235 g/mol. The van der Waals surface area contributed by atoms with Crippen LogP contribution in [0.5, 0.6) is 0 Å². The van der Waals surface area contributed by atoms with E-state index in [4.69, 9.17) is 0 Å². The molecule has 0 aromatic rings. The zero-order chi connectivity index (χ0) is 11.7. The first kappa shape index (κ1) is 14.1. The Kier molecular flexibility index (Phi) is 6.98. The van der Waals surface area contributed by atoms with E-state index in [0.29, 0.717) is 13.0 Å². The van der Waals surface area contributed by atoms with Crippen LogP contribution in [0.4, 0.5) is 0 Å². The van der Waals surface area contributed by atoms with Crippen molar-refractivity contribution >= 4 is 16.0 Å². The average Bonchev–Trinajstić information content (AvgIpc) is 2.13. The molecule has 6 heteroatoms. The lowest BCUT2D eigenvalue weighted by Gasteiger charge is -2.04. The fourth-order valence-electron chi connectivity index (χ4n) is 0.908. The molecule has 0 aliphatic carbocycles. The zero-order valence-electron chi connectivity index (χ0n) is 8.86. The Hall–Kier alpha value is -0.880. The van der Waals surface area contributed by atoms with Crippen LogP contribution >= 0.6 is 0 Å². The van der Waals surface area contributed by atoms with Crippen molar-refractivity contribution in [2.75, 3.05) is 18.9 Å². The molecule has 0 fully saturated rings. The summed E-state index contributed by atoms with van der Waals surface area (Å²) in [7, 11) is -3.26. The van der Waals surface area contributed by atoms with E-state index in [9.17, 15) is 13.2 Å². The second-order valence-corrected chi connectivity index (χ2v) is 4.72. The molecule has 1 N–H and O–H groups in total. The van der Waals surface area contributed by atoms with Crippen LogP contribution in [0.3, 0.4) is 0 Å². The van der Waals surface area contributed by atoms with Crippen molar-refractivity contribution in [3.8, 4) is 0 Å². The summed E-state index contributed by atoms with van der Waals surface area (Å²) in [4.78, 5) is 10.9. The molecule has 0 aliphatic heterocycles. The highest BCUT2D eigenvalue weighted by Gasteiger charge is 2.07. The second-order valence-electron chi connectivity index (χ2n) is 2.87. The van der Waals surface area contributed by atoms with Gasteiger partial charge in [-0.25, -0.2) is 13.1 Å². The third kappa shape index (κ3) is 8.14. The molecule has 0 atom stereocenters. The lowest BCUT2D eigenvalue weighted by Crippen LogP contribution is -2.27. The fourth-order valence-corrected chi connectivity index (χ4v) is 1.79. The number of sulfonamides is 1. The Morgan fingerprint density at radius 1 is 1.53 bits per heavy atom. The molecule has 0 aromatic heterocycles. The van der Waals surface area contributed by atoms with Crippen molar-refractivity contribution in [3.05, 3.63) is 12.7 Å². The highest BCUT2D eigenvalue weighted by atomic mass is 32.2. The summed E-state index contributed by atoms with van der Waals surface area (Å²) in [5, 5.41) is 0. The van der Waals surface area contributed by atoms with Crippen LogP contribution in [0.2, 0.25) is 0 Å². The van der Waals surface area contributed by atoms with E-state index in [2.05, 4.69) is 16.0 Å².